The molecule has 0 bridgehead atoms. The van der Waals surface area contributed by atoms with Gasteiger partial charge in [0.1, 0.15) is 5.60 Å². The molecule has 0 radical (unpaired) electrons. The topological polar surface area (TPSA) is 64.6 Å². The molecule has 0 spiro atoms. The van der Waals surface area contributed by atoms with E-state index in [0.29, 0.717) is 6.42 Å². The zero-order valence-electron chi connectivity index (χ0n) is 12.4. The third kappa shape index (κ3) is 7.14. The normalized spacial score (nSPS) is 13.7. The molecule has 0 heterocycles. The molecule has 1 N–H and O–H groups in total. The highest BCUT2D eigenvalue weighted by atomic mass is 16.6. The summed E-state index contributed by atoms with van der Waals surface area (Å²) in [4.78, 5) is 23.0. The first kappa shape index (κ1) is 16.7. The fraction of sp³-hybridized carbons (Fsp3) is 0.846. The van der Waals surface area contributed by atoms with E-state index in [4.69, 9.17) is 4.74 Å². The average molecular weight is 259 g/mol. The lowest BCUT2D eigenvalue weighted by Gasteiger charge is -2.30. The minimum atomic E-state index is -0.534. The molecule has 0 aromatic heterocycles. The summed E-state index contributed by atoms with van der Waals surface area (Å²) in [6, 6.07) is 0. The number of esters is 1. The third-order valence-electron chi connectivity index (χ3n) is 2.26. The van der Waals surface area contributed by atoms with E-state index >= 15 is 0 Å². The molecule has 0 aliphatic rings. The molecule has 1 atom stereocenters. The molecule has 0 saturated carbocycles. The number of methoxy groups -OCH3 is 1. The van der Waals surface area contributed by atoms with Gasteiger partial charge in [-0.05, 0) is 41.0 Å². The summed E-state index contributed by atoms with van der Waals surface area (Å²) in [6.45, 7) is 10.9. The maximum absolute atomic E-state index is 11.6. The Morgan fingerprint density at radius 2 is 1.67 bits per heavy atom. The van der Waals surface area contributed by atoms with Gasteiger partial charge < -0.3 is 14.8 Å². The summed E-state index contributed by atoms with van der Waals surface area (Å²) in [5.41, 5.74) is -1.07. The Kier molecular flexibility index (Phi) is 5.64. The highest BCUT2D eigenvalue weighted by Gasteiger charge is 2.28. The van der Waals surface area contributed by atoms with Crippen molar-refractivity contribution in [1.82, 2.24) is 5.32 Å². The summed E-state index contributed by atoms with van der Waals surface area (Å²) in [7, 11) is 1.35. The van der Waals surface area contributed by atoms with Gasteiger partial charge in [-0.25, -0.2) is 4.79 Å². The van der Waals surface area contributed by atoms with E-state index in [-0.39, 0.29) is 11.9 Å². The third-order valence-corrected chi connectivity index (χ3v) is 2.26. The van der Waals surface area contributed by atoms with Crippen LogP contribution in [0.15, 0.2) is 0 Å². The maximum atomic E-state index is 11.6. The molecule has 0 aliphatic heterocycles. The van der Waals surface area contributed by atoms with E-state index in [1.165, 1.54) is 7.11 Å². The summed E-state index contributed by atoms with van der Waals surface area (Å²) in [6.07, 6.45) is 0.00315. The number of carbonyl (C=O) groups is 2. The molecule has 0 saturated heterocycles. The molecule has 5 nitrogen and oxygen atoms in total. The van der Waals surface area contributed by atoms with Crippen molar-refractivity contribution >= 4 is 12.1 Å². The Balaban J connectivity index is 4.39. The molecule has 18 heavy (non-hydrogen) atoms. The Bertz CT molecular complexity index is 305. The van der Waals surface area contributed by atoms with Gasteiger partial charge in [-0.2, -0.15) is 0 Å². The quantitative estimate of drug-likeness (QED) is 0.788. The van der Waals surface area contributed by atoms with Crippen molar-refractivity contribution in [2.24, 2.45) is 5.92 Å². The van der Waals surface area contributed by atoms with Crippen LogP contribution in [0.2, 0.25) is 0 Å². The summed E-state index contributed by atoms with van der Waals surface area (Å²) in [5.74, 6) is -0.561. The van der Waals surface area contributed by atoms with Crippen molar-refractivity contribution in [3.05, 3.63) is 0 Å². The maximum Gasteiger partial charge on any atom is 0.408 e. The van der Waals surface area contributed by atoms with Crippen LogP contribution in [0.1, 0.15) is 48.0 Å². The van der Waals surface area contributed by atoms with Gasteiger partial charge in [-0.3, -0.25) is 4.79 Å². The molecule has 1 amide bonds. The van der Waals surface area contributed by atoms with Gasteiger partial charge >= 0.3 is 12.1 Å². The first-order valence-electron chi connectivity index (χ1n) is 6.06. The Hall–Kier alpha value is -1.26. The van der Waals surface area contributed by atoms with Crippen LogP contribution in [-0.4, -0.2) is 30.3 Å². The molecule has 0 aromatic carbocycles. The van der Waals surface area contributed by atoms with E-state index in [9.17, 15) is 9.59 Å². The van der Waals surface area contributed by atoms with Crippen molar-refractivity contribution in [2.75, 3.05) is 7.11 Å². The molecule has 0 fully saturated rings. The summed E-state index contributed by atoms with van der Waals surface area (Å²) >= 11 is 0. The van der Waals surface area contributed by atoms with Crippen molar-refractivity contribution in [3.63, 3.8) is 0 Å². The molecular formula is C13H25NO4. The van der Waals surface area contributed by atoms with Gasteiger partial charge in [0.05, 0.1) is 13.0 Å². The van der Waals surface area contributed by atoms with E-state index in [1.54, 1.807) is 27.7 Å². The smallest absolute Gasteiger partial charge is 0.408 e. The van der Waals surface area contributed by atoms with Crippen LogP contribution in [0.3, 0.4) is 0 Å². The lowest BCUT2D eigenvalue weighted by Crippen LogP contribution is -2.47. The highest BCUT2D eigenvalue weighted by molar-refractivity contribution is 5.72. The average Bonchev–Trinajstić information content (AvgIpc) is 2.10. The second-order valence-electron chi connectivity index (χ2n) is 6.14. The second-order valence-corrected chi connectivity index (χ2v) is 6.14. The summed E-state index contributed by atoms with van der Waals surface area (Å²) in [5, 5.41) is 2.75. The van der Waals surface area contributed by atoms with Crippen molar-refractivity contribution < 1.29 is 19.1 Å². The van der Waals surface area contributed by atoms with Gasteiger partial charge in [0, 0.05) is 5.54 Å². The van der Waals surface area contributed by atoms with Gasteiger partial charge in [0.15, 0.2) is 0 Å². The van der Waals surface area contributed by atoms with E-state index in [1.807, 2.05) is 13.8 Å². The lowest BCUT2D eigenvalue weighted by molar-refractivity contribution is -0.145. The number of hydrogen-bond donors (Lipinski definition) is 1. The minimum Gasteiger partial charge on any atom is -0.469 e. The van der Waals surface area contributed by atoms with E-state index in [2.05, 4.69) is 10.1 Å². The molecular weight excluding hydrogens is 234 g/mol. The van der Waals surface area contributed by atoms with E-state index < -0.39 is 17.2 Å². The van der Waals surface area contributed by atoms with Crippen LogP contribution in [-0.2, 0) is 14.3 Å². The molecule has 0 aromatic rings. The number of hydrogen-bond acceptors (Lipinski definition) is 4. The number of carbonyl (C=O) groups excluding carboxylic acids is 2. The first-order chi connectivity index (χ1) is 7.97. The number of rotatable bonds is 4. The number of nitrogens with one attached hydrogen (secondary N) is 1. The lowest BCUT2D eigenvalue weighted by atomic mass is 9.92. The standard InChI is InChI=1S/C13H25NO4/c1-9(10(15)17-7)8-13(5,6)14-11(16)18-12(2,3)4/h9H,8H2,1-7H3,(H,14,16)/t9-/m0/s1. The fourth-order valence-corrected chi connectivity index (χ4v) is 1.68. The van der Waals surface area contributed by atoms with Gasteiger partial charge in [0.2, 0.25) is 0 Å². The van der Waals surface area contributed by atoms with Crippen molar-refractivity contribution in [2.45, 2.75) is 59.1 Å². The van der Waals surface area contributed by atoms with Crippen LogP contribution in [0, 0.1) is 5.92 Å². The fourth-order valence-electron chi connectivity index (χ4n) is 1.68. The van der Waals surface area contributed by atoms with Gasteiger partial charge in [-0.1, -0.05) is 6.92 Å². The number of ether oxygens (including phenoxy) is 2. The van der Waals surface area contributed by atoms with Crippen LogP contribution in [0.25, 0.3) is 0 Å². The highest BCUT2D eigenvalue weighted by Crippen LogP contribution is 2.18. The van der Waals surface area contributed by atoms with Gasteiger partial charge in [-0.15, -0.1) is 0 Å². The van der Waals surface area contributed by atoms with Crippen LogP contribution in [0.4, 0.5) is 4.79 Å². The predicted molar refractivity (Wildman–Crippen MR) is 69.2 cm³/mol. The monoisotopic (exact) mass is 259 g/mol. The van der Waals surface area contributed by atoms with E-state index in [0.717, 1.165) is 0 Å². The largest absolute Gasteiger partial charge is 0.469 e. The molecule has 5 heteroatoms. The first-order valence-corrected chi connectivity index (χ1v) is 6.06. The van der Waals surface area contributed by atoms with Crippen LogP contribution in [0.5, 0.6) is 0 Å². The van der Waals surface area contributed by atoms with Crippen LogP contribution >= 0.6 is 0 Å². The Morgan fingerprint density at radius 1 is 1.17 bits per heavy atom. The second kappa shape index (κ2) is 6.07. The van der Waals surface area contributed by atoms with Crippen LogP contribution < -0.4 is 5.32 Å². The number of amides is 1. The Morgan fingerprint density at radius 3 is 2.06 bits per heavy atom. The molecule has 0 rings (SSSR count). The summed E-state index contributed by atoms with van der Waals surface area (Å²) < 4.78 is 9.84. The SMILES string of the molecule is COC(=O)[C@@H](C)CC(C)(C)NC(=O)OC(C)(C)C. The minimum absolute atomic E-state index is 0.278. The number of alkyl carbamates (subject to hydrolysis) is 1. The van der Waals surface area contributed by atoms with Crippen molar-refractivity contribution in [1.29, 1.82) is 0 Å². The zero-order chi connectivity index (χ0) is 14.6. The molecule has 106 valence electrons. The van der Waals surface area contributed by atoms with Gasteiger partial charge in [0.25, 0.3) is 0 Å². The van der Waals surface area contributed by atoms with Crippen molar-refractivity contribution in [3.8, 4) is 0 Å². The molecule has 0 aliphatic carbocycles. The zero-order valence-corrected chi connectivity index (χ0v) is 12.4. The predicted octanol–water partition coefficient (Wildman–Crippen LogP) is 2.49. The molecule has 0 unspecified atom stereocenters. The Labute approximate surface area is 109 Å².